The first kappa shape index (κ1) is 54.2. The van der Waals surface area contributed by atoms with Gasteiger partial charge in [-0.25, -0.2) is 28.3 Å². The van der Waals surface area contributed by atoms with Gasteiger partial charge in [0, 0.05) is 11.1 Å². The summed E-state index contributed by atoms with van der Waals surface area (Å²) < 4.78 is 22.9. The van der Waals surface area contributed by atoms with E-state index in [4.69, 9.17) is 18.9 Å². The van der Waals surface area contributed by atoms with Crippen molar-refractivity contribution >= 4 is 46.6 Å². The molecular weight excluding hydrogens is 929 g/mol. The van der Waals surface area contributed by atoms with Gasteiger partial charge in [-0.2, -0.15) is 10.5 Å². The van der Waals surface area contributed by atoms with Crippen molar-refractivity contribution in [2.24, 2.45) is 20.5 Å². The van der Waals surface area contributed by atoms with E-state index in [1.54, 1.807) is 0 Å². The predicted octanol–water partition coefficient (Wildman–Crippen LogP) is 10.4. The summed E-state index contributed by atoms with van der Waals surface area (Å²) in [4.78, 5) is 80.2. The lowest BCUT2D eigenvalue weighted by molar-refractivity contribution is 0.0486. The van der Waals surface area contributed by atoms with Crippen LogP contribution in [-0.4, -0.2) is 69.7 Å². The number of carbonyl (C=O) groups is 4. The third-order valence-electron chi connectivity index (χ3n) is 11.1. The number of unbranched alkanes of at least 4 members (excludes halogenated alkanes) is 4. The number of nitrogens with zero attached hydrogens (tertiary/aromatic N) is 8. The second-order valence-corrected chi connectivity index (χ2v) is 16.2. The molecule has 0 radical (unpaired) electrons. The Morgan fingerprint density at radius 3 is 1.21 bits per heavy atom. The van der Waals surface area contributed by atoms with Crippen LogP contribution in [0.15, 0.2) is 90.7 Å². The summed E-state index contributed by atoms with van der Waals surface area (Å²) in [6, 6.07) is 16.7. The largest absolute Gasteiger partial charge is 0.493 e. The van der Waals surface area contributed by atoms with Crippen LogP contribution in [0.3, 0.4) is 0 Å². The van der Waals surface area contributed by atoms with Crippen molar-refractivity contribution in [2.45, 2.75) is 92.9 Å². The predicted molar refractivity (Wildman–Crippen MR) is 262 cm³/mol. The first-order valence-corrected chi connectivity index (χ1v) is 23.4. The number of nitriles is 2. The van der Waals surface area contributed by atoms with E-state index in [2.05, 4.69) is 20.5 Å². The van der Waals surface area contributed by atoms with Crippen LogP contribution in [0.25, 0.3) is 11.4 Å². The zero-order valence-corrected chi connectivity index (χ0v) is 40.8. The minimum absolute atomic E-state index is 0.0330. The third kappa shape index (κ3) is 12.5. The van der Waals surface area contributed by atoms with Crippen LogP contribution in [0, 0.1) is 36.5 Å². The summed E-state index contributed by atoms with van der Waals surface area (Å²) in [5.74, 6) is -4.62. The summed E-state index contributed by atoms with van der Waals surface area (Å²) in [5, 5.41) is 60.8. The van der Waals surface area contributed by atoms with Crippen LogP contribution in [0.2, 0.25) is 0 Å². The molecule has 0 saturated heterocycles. The molecule has 0 spiro atoms. The molecule has 0 bridgehead atoms. The van der Waals surface area contributed by atoms with Crippen LogP contribution in [0.4, 0.5) is 22.7 Å². The zero-order chi connectivity index (χ0) is 52.5. The fourth-order valence-corrected chi connectivity index (χ4v) is 6.87. The average Bonchev–Trinajstić information content (AvgIpc) is 3.36. The van der Waals surface area contributed by atoms with Gasteiger partial charge in [0.15, 0.2) is 11.4 Å². The molecule has 5 aromatic rings. The van der Waals surface area contributed by atoms with Gasteiger partial charge in [0.05, 0.1) is 60.1 Å². The maximum absolute atomic E-state index is 14.0. The number of hydrogen-bond donors (Lipinski definition) is 2. The summed E-state index contributed by atoms with van der Waals surface area (Å²) in [6.07, 6.45) is 5.43. The number of benzene rings is 3. The highest BCUT2D eigenvalue weighted by Gasteiger charge is 2.25. The first-order chi connectivity index (χ1) is 34.7. The number of azo groups is 2. The number of esters is 4. The van der Waals surface area contributed by atoms with Crippen LogP contribution in [0.5, 0.6) is 11.8 Å². The van der Waals surface area contributed by atoms with E-state index in [9.17, 15) is 49.5 Å². The molecule has 2 N–H and O–H groups in total. The van der Waals surface area contributed by atoms with Gasteiger partial charge in [0.25, 0.3) is 11.1 Å². The van der Waals surface area contributed by atoms with E-state index in [1.807, 2.05) is 39.8 Å². The minimum Gasteiger partial charge on any atom is -0.493 e. The van der Waals surface area contributed by atoms with Gasteiger partial charge in [-0.05, 0) is 94.1 Å². The Morgan fingerprint density at radius 1 is 0.528 bits per heavy atom. The zero-order valence-electron chi connectivity index (χ0n) is 40.8. The number of aromatic hydroxyl groups is 2. The highest BCUT2D eigenvalue weighted by Crippen LogP contribution is 2.38. The molecule has 20 nitrogen and oxygen atoms in total. The SMILES string of the molecule is CCCCOC(=O)c1ccc(C(=O)OCCCC)c(N=Nc2c(C)c(C#N)c(=O)n(-c3cccc(-n4c(O)c(N=Nc5cc(C(=O)OCCCC)ccc5C(=O)OCCCC)c(C)c(C#N)c4=O)c3)c2O)c1. The van der Waals surface area contributed by atoms with Gasteiger partial charge in [0.1, 0.15) is 34.6 Å². The number of pyridine rings is 2. The Hall–Kier alpha value is -8.78. The molecule has 0 atom stereocenters. The molecule has 20 heteroatoms. The van der Waals surface area contributed by atoms with Gasteiger partial charge in [-0.15, -0.1) is 20.5 Å². The molecule has 72 heavy (non-hydrogen) atoms. The van der Waals surface area contributed by atoms with Gasteiger partial charge in [-0.3, -0.25) is 9.59 Å². The van der Waals surface area contributed by atoms with Gasteiger partial charge >= 0.3 is 23.9 Å². The van der Waals surface area contributed by atoms with Crippen molar-refractivity contribution in [1.29, 1.82) is 10.5 Å². The lowest BCUT2D eigenvalue weighted by Gasteiger charge is -2.16. The quantitative estimate of drug-likeness (QED) is 0.0282. The summed E-state index contributed by atoms with van der Waals surface area (Å²) >= 11 is 0. The molecule has 0 amide bonds. The van der Waals surface area contributed by atoms with E-state index in [0.29, 0.717) is 34.8 Å². The summed E-state index contributed by atoms with van der Waals surface area (Å²) in [6.45, 7) is 10.9. The monoisotopic (exact) mass is 982 g/mol. The Kier molecular flexibility index (Phi) is 19.3. The van der Waals surface area contributed by atoms with E-state index in [0.717, 1.165) is 25.7 Å². The smallest absolute Gasteiger partial charge is 0.340 e. The fraction of sp³-hybridized carbons (Fsp3) is 0.346. The maximum Gasteiger partial charge on any atom is 0.340 e. The standard InChI is InChI=1S/C52H54N8O12/c1-7-11-22-69-49(65)33-18-20-37(51(67)71-24-13-9-3)41(26-33)55-57-43-31(5)39(29-53)45(61)59(47(43)63)35-16-15-17-36(28-35)60-46(62)40(30-54)32(6)44(48(60)64)58-56-42-27-34(50(66)70-23-12-8-2)19-21-38(42)52(68)72-25-14-10-4/h15-21,26-28,63-64H,7-14,22-25H2,1-6H3. The molecule has 3 aromatic carbocycles. The average molecular weight is 983 g/mol. The van der Waals surface area contributed by atoms with Crippen molar-refractivity contribution < 1.29 is 48.3 Å². The number of aromatic nitrogens is 2. The highest BCUT2D eigenvalue weighted by molar-refractivity contribution is 5.99. The molecule has 0 aliphatic heterocycles. The second-order valence-electron chi connectivity index (χ2n) is 16.2. The molecule has 374 valence electrons. The Balaban J connectivity index is 1.65. The molecule has 5 rings (SSSR count). The maximum atomic E-state index is 14.0. The van der Waals surface area contributed by atoms with Crippen molar-refractivity contribution in [3.05, 3.63) is 126 Å². The van der Waals surface area contributed by atoms with Crippen LogP contribution < -0.4 is 11.1 Å². The van der Waals surface area contributed by atoms with Crippen LogP contribution >= 0.6 is 0 Å². The van der Waals surface area contributed by atoms with Crippen molar-refractivity contribution in [3.8, 4) is 35.3 Å². The number of carbonyl (C=O) groups excluding carboxylic acids is 4. The number of hydrogen-bond acceptors (Lipinski definition) is 18. The Labute approximate surface area is 414 Å². The number of rotatable bonds is 22. The van der Waals surface area contributed by atoms with Gasteiger partial charge in [0.2, 0.25) is 11.8 Å². The molecule has 0 saturated carbocycles. The van der Waals surface area contributed by atoms with Gasteiger partial charge in [-0.1, -0.05) is 59.4 Å². The lowest BCUT2D eigenvalue weighted by atomic mass is 10.1. The minimum atomic E-state index is -1.02. The summed E-state index contributed by atoms with van der Waals surface area (Å²) in [5.41, 5.74) is -4.73. The molecule has 0 unspecified atom stereocenters. The van der Waals surface area contributed by atoms with E-state index in [1.165, 1.54) is 74.5 Å². The normalized spacial score (nSPS) is 11.1. The molecule has 2 aromatic heterocycles. The first-order valence-electron chi connectivity index (χ1n) is 23.4. The second kappa shape index (κ2) is 25.7. The van der Waals surface area contributed by atoms with E-state index in [-0.39, 0.29) is 82.6 Å². The molecular formula is C52H54N8O12. The highest BCUT2D eigenvalue weighted by atomic mass is 16.5. The van der Waals surface area contributed by atoms with E-state index < -0.39 is 69.3 Å². The van der Waals surface area contributed by atoms with Crippen molar-refractivity contribution in [1.82, 2.24) is 9.13 Å². The summed E-state index contributed by atoms with van der Waals surface area (Å²) in [7, 11) is 0. The van der Waals surface area contributed by atoms with Crippen LogP contribution in [0.1, 0.15) is 143 Å². The Morgan fingerprint density at radius 2 is 0.875 bits per heavy atom. The lowest BCUT2D eigenvalue weighted by Crippen LogP contribution is -2.24. The van der Waals surface area contributed by atoms with Crippen molar-refractivity contribution in [3.63, 3.8) is 0 Å². The molecule has 2 heterocycles. The molecule has 0 aliphatic carbocycles. The Bertz CT molecular complexity index is 2940. The van der Waals surface area contributed by atoms with Gasteiger partial charge < -0.3 is 29.2 Å². The fourth-order valence-electron chi connectivity index (χ4n) is 6.87. The number of ether oxygens (including phenoxy) is 4. The molecule has 0 fully saturated rings. The third-order valence-corrected chi connectivity index (χ3v) is 11.1. The molecule has 0 aliphatic rings. The van der Waals surface area contributed by atoms with E-state index >= 15 is 0 Å². The van der Waals surface area contributed by atoms with Crippen LogP contribution in [-0.2, 0) is 18.9 Å². The topological polar surface area (TPSA) is 287 Å². The van der Waals surface area contributed by atoms with Crippen molar-refractivity contribution in [2.75, 3.05) is 26.4 Å².